The number of fused-ring (bicyclic) bond motifs is 1. The highest BCUT2D eigenvalue weighted by Crippen LogP contribution is 2.35. The van der Waals surface area contributed by atoms with Gasteiger partial charge in [0.1, 0.15) is 5.75 Å². The molecule has 0 bridgehead atoms. The van der Waals surface area contributed by atoms with Gasteiger partial charge < -0.3 is 5.11 Å². The largest absolute Gasteiger partial charge is 0.507 e. The Morgan fingerprint density at radius 1 is 0.810 bits per heavy atom. The molecule has 0 aliphatic heterocycles. The highest BCUT2D eigenvalue weighted by molar-refractivity contribution is 7.85. The molecule has 3 aromatic rings. The van der Waals surface area contributed by atoms with Crippen LogP contribution in [0.1, 0.15) is 0 Å². The first kappa shape index (κ1) is 13.6. The van der Waals surface area contributed by atoms with E-state index in [2.05, 4.69) is 0 Å². The number of phenolic OH excluding ortho intramolecular Hbond substituents is 1. The van der Waals surface area contributed by atoms with Crippen LogP contribution in [0.25, 0.3) is 21.9 Å². The molecule has 0 heterocycles. The van der Waals surface area contributed by atoms with Crippen molar-refractivity contribution in [3.05, 3.63) is 60.7 Å². The van der Waals surface area contributed by atoms with Gasteiger partial charge in [-0.1, -0.05) is 42.5 Å². The second-order valence-corrected chi connectivity index (χ2v) is 6.10. The lowest BCUT2D eigenvalue weighted by Gasteiger charge is -2.10. The monoisotopic (exact) mass is 300 g/mol. The van der Waals surface area contributed by atoms with E-state index in [0.29, 0.717) is 11.1 Å². The third kappa shape index (κ3) is 2.49. The number of hydrogen-bond acceptors (Lipinski definition) is 3. The van der Waals surface area contributed by atoms with Gasteiger partial charge in [-0.15, -0.1) is 0 Å². The number of phenols is 1. The Bertz CT molecular complexity index is 925. The van der Waals surface area contributed by atoms with Crippen molar-refractivity contribution in [2.75, 3.05) is 0 Å². The van der Waals surface area contributed by atoms with Crippen LogP contribution in [0.2, 0.25) is 0 Å². The summed E-state index contributed by atoms with van der Waals surface area (Å²) >= 11 is 0. The minimum Gasteiger partial charge on any atom is -0.507 e. The van der Waals surface area contributed by atoms with Crippen molar-refractivity contribution in [3.8, 4) is 16.9 Å². The van der Waals surface area contributed by atoms with E-state index in [1.54, 1.807) is 6.07 Å². The van der Waals surface area contributed by atoms with Gasteiger partial charge in [-0.2, -0.15) is 8.42 Å². The summed E-state index contributed by atoms with van der Waals surface area (Å²) in [5, 5.41) is 11.9. The molecule has 0 saturated carbocycles. The Kier molecular flexibility index (Phi) is 3.16. The zero-order chi connectivity index (χ0) is 15.0. The molecule has 0 spiro atoms. The molecule has 4 nitrogen and oxygen atoms in total. The van der Waals surface area contributed by atoms with Crippen LogP contribution in [-0.2, 0) is 10.1 Å². The summed E-state index contributed by atoms with van der Waals surface area (Å²) in [6.07, 6.45) is 0. The van der Waals surface area contributed by atoms with Gasteiger partial charge in [-0.3, -0.25) is 4.55 Å². The van der Waals surface area contributed by atoms with Crippen molar-refractivity contribution in [1.29, 1.82) is 0 Å². The number of aromatic hydroxyl groups is 1. The topological polar surface area (TPSA) is 74.6 Å². The maximum absolute atomic E-state index is 11.3. The van der Waals surface area contributed by atoms with Crippen LogP contribution in [0.5, 0.6) is 5.75 Å². The molecule has 2 N–H and O–H groups in total. The smallest absolute Gasteiger partial charge is 0.294 e. The molecule has 0 unspecified atom stereocenters. The van der Waals surface area contributed by atoms with E-state index in [1.807, 2.05) is 36.4 Å². The average Bonchev–Trinajstić information content (AvgIpc) is 2.46. The maximum atomic E-state index is 11.3. The Morgan fingerprint density at radius 3 is 2.29 bits per heavy atom. The van der Waals surface area contributed by atoms with Gasteiger partial charge >= 0.3 is 0 Å². The van der Waals surface area contributed by atoms with Gasteiger partial charge in [-0.05, 0) is 34.5 Å². The molecule has 0 fully saturated rings. The number of rotatable bonds is 2. The van der Waals surface area contributed by atoms with Crippen LogP contribution < -0.4 is 0 Å². The third-order valence-electron chi connectivity index (χ3n) is 3.35. The Labute approximate surface area is 122 Å². The Morgan fingerprint density at radius 2 is 1.52 bits per heavy atom. The lowest BCUT2D eigenvalue weighted by Crippen LogP contribution is -1.98. The van der Waals surface area contributed by atoms with E-state index < -0.39 is 10.1 Å². The minimum atomic E-state index is -4.31. The minimum absolute atomic E-state index is 0.0428. The van der Waals surface area contributed by atoms with E-state index in [4.69, 9.17) is 4.55 Å². The van der Waals surface area contributed by atoms with E-state index in [0.717, 1.165) is 10.8 Å². The first-order chi connectivity index (χ1) is 9.97. The summed E-state index contributed by atoms with van der Waals surface area (Å²) in [5.74, 6) is -0.0428. The summed E-state index contributed by atoms with van der Waals surface area (Å²) < 4.78 is 31.7. The summed E-state index contributed by atoms with van der Waals surface area (Å²) in [6.45, 7) is 0. The fourth-order valence-electron chi connectivity index (χ4n) is 2.35. The van der Waals surface area contributed by atoms with Crippen LogP contribution in [-0.4, -0.2) is 18.1 Å². The molecule has 106 valence electrons. The summed E-state index contributed by atoms with van der Waals surface area (Å²) in [4.78, 5) is -0.247. The maximum Gasteiger partial charge on any atom is 0.294 e. The van der Waals surface area contributed by atoms with Crippen LogP contribution in [0.15, 0.2) is 65.6 Å². The summed E-state index contributed by atoms with van der Waals surface area (Å²) in [6, 6.07) is 16.9. The normalized spacial score (nSPS) is 11.7. The molecule has 0 aliphatic carbocycles. The number of benzene rings is 3. The SMILES string of the molecule is O=S(=O)(O)c1ccc(O)c(-c2cccc3ccccc23)c1. The van der Waals surface area contributed by atoms with Crippen LogP contribution in [0.3, 0.4) is 0 Å². The fraction of sp³-hybridized carbons (Fsp3) is 0. The molecule has 3 aromatic carbocycles. The van der Waals surface area contributed by atoms with Crippen molar-refractivity contribution in [2.45, 2.75) is 4.90 Å². The van der Waals surface area contributed by atoms with Gasteiger partial charge in [-0.25, -0.2) is 0 Å². The predicted molar refractivity (Wildman–Crippen MR) is 80.9 cm³/mol. The first-order valence-electron chi connectivity index (χ1n) is 6.25. The quantitative estimate of drug-likeness (QED) is 0.711. The summed E-state index contributed by atoms with van der Waals surface area (Å²) in [5.41, 5.74) is 1.07. The molecular weight excluding hydrogens is 288 g/mol. The molecule has 21 heavy (non-hydrogen) atoms. The molecule has 0 saturated heterocycles. The van der Waals surface area contributed by atoms with Crippen molar-refractivity contribution in [3.63, 3.8) is 0 Å². The van der Waals surface area contributed by atoms with E-state index >= 15 is 0 Å². The van der Waals surface area contributed by atoms with Crippen LogP contribution in [0.4, 0.5) is 0 Å². The number of hydrogen-bond donors (Lipinski definition) is 2. The fourth-order valence-corrected chi connectivity index (χ4v) is 2.86. The molecule has 0 aliphatic rings. The zero-order valence-electron chi connectivity index (χ0n) is 10.9. The first-order valence-corrected chi connectivity index (χ1v) is 7.69. The van der Waals surface area contributed by atoms with Gasteiger partial charge in [0.15, 0.2) is 0 Å². The van der Waals surface area contributed by atoms with Crippen LogP contribution in [0, 0.1) is 0 Å². The van der Waals surface area contributed by atoms with Gasteiger partial charge in [0, 0.05) is 5.56 Å². The Hall–Kier alpha value is -2.37. The molecule has 0 amide bonds. The van der Waals surface area contributed by atoms with Gasteiger partial charge in [0.2, 0.25) is 0 Å². The average molecular weight is 300 g/mol. The van der Waals surface area contributed by atoms with Crippen molar-refractivity contribution in [2.24, 2.45) is 0 Å². The molecule has 0 aromatic heterocycles. The highest BCUT2D eigenvalue weighted by Gasteiger charge is 2.14. The molecule has 3 rings (SSSR count). The van der Waals surface area contributed by atoms with Crippen molar-refractivity contribution >= 4 is 20.9 Å². The Balaban J connectivity index is 2.33. The third-order valence-corrected chi connectivity index (χ3v) is 4.20. The molecular formula is C16H12O4S. The molecule has 0 atom stereocenters. The highest BCUT2D eigenvalue weighted by atomic mass is 32.2. The standard InChI is InChI=1S/C16H12O4S/c17-16-9-8-12(21(18,19)20)10-15(16)14-7-3-5-11-4-1-2-6-13(11)14/h1-10,17H,(H,18,19,20). The van der Waals surface area contributed by atoms with Crippen LogP contribution >= 0.6 is 0 Å². The van der Waals surface area contributed by atoms with E-state index in [9.17, 15) is 13.5 Å². The van der Waals surface area contributed by atoms with Gasteiger partial charge in [0.25, 0.3) is 10.1 Å². The second-order valence-electron chi connectivity index (χ2n) is 4.68. The zero-order valence-corrected chi connectivity index (χ0v) is 11.7. The summed E-state index contributed by atoms with van der Waals surface area (Å²) in [7, 11) is -4.31. The molecule has 0 radical (unpaired) electrons. The van der Waals surface area contributed by atoms with E-state index in [-0.39, 0.29) is 10.6 Å². The second kappa shape index (κ2) is 4.87. The van der Waals surface area contributed by atoms with Gasteiger partial charge in [0.05, 0.1) is 4.90 Å². The van der Waals surface area contributed by atoms with Crippen molar-refractivity contribution < 1.29 is 18.1 Å². The lowest BCUT2D eigenvalue weighted by atomic mass is 9.98. The van der Waals surface area contributed by atoms with E-state index in [1.165, 1.54) is 18.2 Å². The van der Waals surface area contributed by atoms with Crippen molar-refractivity contribution in [1.82, 2.24) is 0 Å². The molecule has 5 heteroatoms. The predicted octanol–water partition coefficient (Wildman–Crippen LogP) is 3.46. The lowest BCUT2D eigenvalue weighted by molar-refractivity contribution is 0.474.